The van der Waals surface area contributed by atoms with E-state index in [1.165, 1.54) is 30.3 Å². The van der Waals surface area contributed by atoms with Crippen molar-refractivity contribution in [3.05, 3.63) is 104 Å². The second-order valence-corrected chi connectivity index (χ2v) is 9.28. The van der Waals surface area contributed by atoms with Gasteiger partial charge in [-0.1, -0.05) is 61.3 Å². The van der Waals surface area contributed by atoms with Crippen LogP contribution in [0.3, 0.4) is 0 Å². The molecule has 4 aromatic rings. The van der Waals surface area contributed by atoms with Crippen LogP contribution in [-0.4, -0.2) is 5.97 Å². The summed E-state index contributed by atoms with van der Waals surface area (Å²) in [5, 5.41) is 0.462. The first-order valence-corrected chi connectivity index (χ1v) is 12.0. The minimum Gasteiger partial charge on any atom is -0.449 e. The number of halogens is 5. The highest BCUT2D eigenvalue weighted by Crippen LogP contribution is 2.40. The van der Waals surface area contributed by atoms with E-state index >= 15 is 0 Å². The zero-order valence-corrected chi connectivity index (χ0v) is 21.4. The average Bonchev–Trinajstić information content (AvgIpc) is 2.85. The summed E-state index contributed by atoms with van der Waals surface area (Å²) >= 11 is 11.8. The Bertz CT molecular complexity index is 1610. The van der Waals surface area contributed by atoms with Gasteiger partial charge in [0.25, 0.3) is 5.76 Å². The molecule has 0 fully saturated rings. The molecule has 0 amide bonds. The van der Waals surface area contributed by atoms with Crippen molar-refractivity contribution in [3.63, 3.8) is 0 Å². The molecule has 1 heterocycles. The lowest BCUT2D eigenvalue weighted by molar-refractivity contribution is -0.154. The van der Waals surface area contributed by atoms with E-state index in [4.69, 9.17) is 37.1 Å². The van der Waals surface area contributed by atoms with E-state index < -0.39 is 34.7 Å². The maximum atomic E-state index is 13.9. The van der Waals surface area contributed by atoms with Gasteiger partial charge in [0.15, 0.2) is 0 Å². The molecule has 4 rings (SSSR count). The molecule has 0 saturated carbocycles. The number of alkyl halides is 3. The van der Waals surface area contributed by atoms with E-state index in [0.29, 0.717) is 21.2 Å². The predicted molar refractivity (Wildman–Crippen MR) is 139 cm³/mol. The Morgan fingerprint density at radius 3 is 2.42 bits per heavy atom. The Hall–Kier alpha value is -3.75. The fraction of sp³-hybridized carbons (Fsp3) is 0.143. The van der Waals surface area contributed by atoms with Gasteiger partial charge in [0.1, 0.15) is 17.1 Å². The fourth-order valence-electron chi connectivity index (χ4n) is 3.59. The van der Waals surface area contributed by atoms with E-state index in [1.807, 2.05) is 13.8 Å². The molecule has 0 atom stereocenters. The third-order valence-electron chi connectivity index (χ3n) is 5.41. The Labute approximate surface area is 225 Å². The molecular weight excluding hydrogens is 544 g/mol. The number of carbonyl (C=O) groups is 1. The lowest BCUT2D eigenvalue weighted by Crippen LogP contribution is -2.16. The molecule has 0 aliphatic carbocycles. The van der Waals surface area contributed by atoms with Crippen LogP contribution in [0.5, 0.6) is 17.2 Å². The number of ether oxygens (including phenoxy) is 2. The second kappa shape index (κ2) is 10.9. The first-order valence-electron chi connectivity index (χ1n) is 11.2. The van der Waals surface area contributed by atoms with E-state index in [0.717, 1.165) is 12.1 Å². The molecular formula is C28H19Cl2F3O5. The lowest BCUT2D eigenvalue weighted by Gasteiger charge is -2.16. The molecule has 196 valence electrons. The number of rotatable bonds is 6. The summed E-state index contributed by atoms with van der Waals surface area (Å²) in [5.74, 6) is -3.49. The summed E-state index contributed by atoms with van der Waals surface area (Å²) in [4.78, 5) is 25.4. The van der Waals surface area contributed by atoms with Gasteiger partial charge in [-0.05, 0) is 53.5 Å². The Balaban J connectivity index is 1.68. The summed E-state index contributed by atoms with van der Waals surface area (Å²) < 4.78 is 57.5. The van der Waals surface area contributed by atoms with Crippen LogP contribution in [0.25, 0.3) is 17.0 Å². The van der Waals surface area contributed by atoms with E-state index in [2.05, 4.69) is 0 Å². The molecule has 38 heavy (non-hydrogen) atoms. The summed E-state index contributed by atoms with van der Waals surface area (Å²) in [6, 6.07) is 14.7. The highest BCUT2D eigenvalue weighted by atomic mass is 35.5. The molecule has 0 saturated heterocycles. The van der Waals surface area contributed by atoms with Gasteiger partial charge in [0, 0.05) is 12.1 Å². The smallest absolute Gasteiger partial charge is 0.449 e. The lowest BCUT2D eigenvalue weighted by atomic mass is 10.0. The fourth-order valence-corrected chi connectivity index (χ4v) is 3.90. The quantitative estimate of drug-likeness (QED) is 0.134. The van der Waals surface area contributed by atoms with Crippen LogP contribution in [-0.2, 0) is 11.0 Å². The van der Waals surface area contributed by atoms with Crippen molar-refractivity contribution in [3.8, 4) is 17.2 Å². The summed E-state index contributed by atoms with van der Waals surface area (Å²) in [6.45, 7) is 3.69. The summed E-state index contributed by atoms with van der Waals surface area (Å²) in [5.41, 5.74) is -0.251. The number of para-hydroxylation sites is 1. The van der Waals surface area contributed by atoms with Gasteiger partial charge < -0.3 is 13.9 Å². The van der Waals surface area contributed by atoms with Crippen molar-refractivity contribution < 1.29 is 31.9 Å². The zero-order valence-electron chi connectivity index (χ0n) is 19.9. The van der Waals surface area contributed by atoms with E-state index in [9.17, 15) is 22.8 Å². The van der Waals surface area contributed by atoms with Crippen LogP contribution < -0.4 is 14.9 Å². The summed E-state index contributed by atoms with van der Waals surface area (Å²) in [7, 11) is 0. The zero-order chi connectivity index (χ0) is 27.6. The van der Waals surface area contributed by atoms with Crippen LogP contribution in [0.2, 0.25) is 10.0 Å². The molecule has 0 radical (unpaired) electrons. The minimum atomic E-state index is -5.04. The molecule has 0 aliphatic rings. The average molecular weight is 563 g/mol. The van der Waals surface area contributed by atoms with Crippen molar-refractivity contribution in [2.75, 3.05) is 0 Å². The Morgan fingerprint density at radius 1 is 1.00 bits per heavy atom. The number of hydrogen-bond acceptors (Lipinski definition) is 5. The number of esters is 1. The second-order valence-electron chi connectivity index (χ2n) is 8.47. The summed E-state index contributed by atoms with van der Waals surface area (Å²) in [6.07, 6.45) is -2.51. The van der Waals surface area contributed by atoms with Crippen molar-refractivity contribution in [2.24, 2.45) is 0 Å². The number of carbonyl (C=O) groups excluding carboxylic acids is 1. The van der Waals surface area contributed by atoms with Crippen molar-refractivity contribution in [1.29, 1.82) is 0 Å². The van der Waals surface area contributed by atoms with Gasteiger partial charge in [-0.2, -0.15) is 13.2 Å². The Morgan fingerprint density at radius 2 is 1.74 bits per heavy atom. The third-order valence-corrected chi connectivity index (χ3v) is 6.15. The molecule has 0 spiro atoms. The minimum absolute atomic E-state index is 0.0731. The maximum absolute atomic E-state index is 13.9. The van der Waals surface area contributed by atoms with Crippen molar-refractivity contribution in [2.45, 2.75) is 25.9 Å². The van der Waals surface area contributed by atoms with Gasteiger partial charge in [-0.25, -0.2) is 4.79 Å². The molecule has 10 heteroatoms. The van der Waals surface area contributed by atoms with Gasteiger partial charge in [0.2, 0.25) is 11.2 Å². The molecule has 5 nitrogen and oxygen atoms in total. The molecule has 0 aliphatic heterocycles. The number of benzene rings is 3. The number of hydrogen-bond donors (Lipinski definition) is 0. The molecule has 3 aromatic carbocycles. The van der Waals surface area contributed by atoms with Gasteiger partial charge >= 0.3 is 12.1 Å². The van der Waals surface area contributed by atoms with Gasteiger partial charge in [-0.15, -0.1) is 0 Å². The van der Waals surface area contributed by atoms with E-state index in [1.54, 1.807) is 30.3 Å². The first-order chi connectivity index (χ1) is 17.9. The highest BCUT2D eigenvalue weighted by Gasteiger charge is 2.40. The number of fused-ring (bicyclic) bond motifs is 1. The molecule has 0 unspecified atom stereocenters. The van der Waals surface area contributed by atoms with Crippen LogP contribution in [0, 0.1) is 0 Å². The van der Waals surface area contributed by atoms with Crippen LogP contribution in [0.1, 0.15) is 36.7 Å². The monoisotopic (exact) mass is 562 g/mol. The molecule has 1 aromatic heterocycles. The van der Waals surface area contributed by atoms with Gasteiger partial charge in [0.05, 0.1) is 15.4 Å². The van der Waals surface area contributed by atoms with E-state index in [-0.39, 0.29) is 22.8 Å². The molecule has 0 N–H and O–H groups in total. The van der Waals surface area contributed by atoms with Crippen LogP contribution in [0.15, 0.2) is 76.0 Å². The third kappa shape index (κ3) is 6.03. The maximum Gasteiger partial charge on any atom is 0.453 e. The van der Waals surface area contributed by atoms with Crippen LogP contribution >= 0.6 is 23.2 Å². The molecule has 0 bridgehead atoms. The standard InChI is InChI=1S/C28H19Cl2F3O5/c1-15(2)18-5-3-4-6-22(18)37-26-25(35)19-10-9-17(14-23(19)38-27(26)28(31,32)33)36-24(34)12-8-16-7-11-20(29)21(30)13-16/h3-15H,1-2H3. The largest absolute Gasteiger partial charge is 0.453 e. The van der Waals surface area contributed by atoms with Crippen molar-refractivity contribution in [1.82, 2.24) is 0 Å². The van der Waals surface area contributed by atoms with Crippen molar-refractivity contribution >= 4 is 46.2 Å². The first kappa shape index (κ1) is 27.3. The SMILES string of the molecule is CC(C)c1ccccc1Oc1c(C(F)(F)F)oc2cc(OC(=O)C=Cc3ccc(Cl)c(Cl)c3)ccc2c1=O. The topological polar surface area (TPSA) is 65.7 Å². The normalized spacial score (nSPS) is 11.9. The van der Waals surface area contributed by atoms with Gasteiger partial charge in [-0.3, -0.25) is 4.79 Å². The highest BCUT2D eigenvalue weighted by molar-refractivity contribution is 6.42. The van der Waals surface area contributed by atoms with Crippen LogP contribution in [0.4, 0.5) is 13.2 Å². The predicted octanol–water partition coefficient (Wildman–Crippen LogP) is 8.65. The Kier molecular flexibility index (Phi) is 7.85.